The average Bonchev–Trinajstić information content (AvgIpc) is 3.82. The molecule has 10 rings (SSSR count). The second-order valence-electron chi connectivity index (χ2n) is 16.3. The van der Waals surface area contributed by atoms with E-state index in [9.17, 15) is 0 Å². The second-order valence-corrected chi connectivity index (χ2v) is 16.3. The Morgan fingerprint density at radius 2 is 0.700 bits per heavy atom. The minimum atomic E-state index is 0. The molecule has 10 aromatic rings. The summed E-state index contributed by atoms with van der Waals surface area (Å²) in [5.41, 5.74) is 8.28. The topological polar surface area (TPSA) is 0 Å². The van der Waals surface area contributed by atoms with E-state index in [-0.39, 0.29) is 50.7 Å². The van der Waals surface area contributed by atoms with Crippen molar-refractivity contribution in [1.29, 1.82) is 0 Å². The molecule has 0 saturated carbocycles. The normalized spacial score (nSPS) is 10.9. The number of halogens is 2. The fourth-order valence-corrected chi connectivity index (χ4v) is 8.82. The van der Waals surface area contributed by atoms with Crippen LogP contribution < -0.4 is 0 Å². The van der Waals surface area contributed by atoms with Crippen molar-refractivity contribution >= 4 is 89.4 Å². The summed E-state index contributed by atoms with van der Waals surface area (Å²) in [6, 6.07) is 62.7. The summed E-state index contributed by atoms with van der Waals surface area (Å²) in [5.74, 6) is 1.34. The van der Waals surface area contributed by atoms with Gasteiger partial charge in [-0.2, -0.15) is 12.1 Å². The number of hydrogen-bond donors (Lipinski definition) is 0. The van der Waals surface area contributed by atoms with E-state index in [1.54, 1.807) is 0 Å². The van der Waals surface area contributed by atoms with Crippen molar-refractivity contribution in [2.45, 2.75) is 47.0 Å². The zero-order valence-corrected chi connectivity index (χ0v) is 40.4. The third-order valence-electron chi connectivity index (χ3n) is 11.0. The molecule has 0 N–H and O–H groups in total. The fourth-order valence-electron chi connectivity index (χ4n) is 8.82. The van der Waals surface area contributed by atoms with Gasteiger partial charge in [-0.15, -0.1) is 93.9 Å². The Labute approximate surface area is 388 Å². The summed E-state index contributed by atoms with van der Waals surface area (Å²) in [6.45, 7) is 15.9. The van der Waals surface area contributed by atoms with Gasteiger partial charge in [0.15, 0.2) is 0 Å². The first-order chi connectivity index (χ1) is 27.8. The molecular weight excluding hydrogens is 934 g/mol. The number of hydrogen-bond acceptors (Lipinski definition) is 0. The molecule has 0 heterocycles. The van der Waals surface area contributed by atoms with Gasteiger partial charge in [0.25, 0.3) is 0 Å². The second kappa shape index (κ2) is 20.8. The average molecular weight is 988 g/mol. The van der Waals surface area contributed by atoms with E-state index < -0.39 is 0 Å². The first-order valence-electron chi connectivity index (χ1n) is 20.6. The van der Waals surface area contributed by atoms with Gasteiger partial charge in [-0.25, -0.2) is 0 Å². The molecule has 0 fully saturated rings. The van der Waals surface area contributed by atoms with E-state index in [2.05, 4.69) is 211 Å². The zero-order valence-electron chi connectivity index (χ0n) is 35.2. The maximum atomic E-state index is 3.38. The van der Waals surface area contributed by atoms with Crippen LogP contribution in [0.1, 0.15) is 45.2 Å². The molecule has 0 aliphatic rings. The van der Waals surface area contributed by atoms with Gasteiger partial charge < -0.3 is 20.3 Å². The van der Waals surface area contributed by atoms with Crippen LogP contribution in [0, 0.1) is 25.7 Å². The Kier molecular flexibility index (Phi) is 16.2. The SMILES string of the molecule is CC(C)Cc1cc2c(-c3c4ccccc4cc4ccccc34)cccc2[cH-]1.CC(C)Cc1cc2c(-c3c4ccccc4cc4ccccc34)cccc2[cH-]1.Cl.Cl.[CH2-]C[CH2-].[Hf+4]. The van der Waals surface area contributed by atoms with Crippen molar-refractivity contribution in [2.75, 3.05) is 0 Å². The Morgan fingerprint density at radius 1 is 0.400 bits per heavy atom. The van der Waals surface area contributed by atoms with Crippen molar-refractivity contribution in [3.05, 3.63) is 195 Å². The molecular formula is C57H54Cl2Hf. The van der Waals surface area contributed by atoms with Crippen LogP contribution in [0.2, 0.25) is 0 Å². The molecule has 0 aromatic heterocycles. The molecule has 0 spiro atoms. The maximum Gasteiger partial charge on any atom is 4.00 e. The minimum Gasteiger partial charge on any atom is -0.372 e. The Bertz CT molecular complexity index is 2670. The molecule has 0 nitrogen and oxygen atoms in total. The fraction of sp³-hybridized carbons (Fsp3) is 0.158. The Hall–Kier alpha value is -4.53. The first kappa shape index (κ1) is 46.5. The van der Waals surface area contributed by atoms with Crippen LogP contribution in [0.15, 0.2) is 170 Å². The molecule has 300 valence electrons. The minimum absolute atomic E-state index is 0. The molecule has 0 unspecified atom stereocenters. The van der Waals surface area contributed by atoms with Crippen molar-refractivity contribution in [2.24, 2.45) is 11.8 Å². The molecule has 60 heavy (non-hydrogen) atoms. The van der Waals surface area contributed by atoms with E-state index in [0.717, 1.165) is 19.3 Å². The van der Waals surface area contributed by atoms with Gasteiger partial charge in [-0.3, -0.25) is 0 Å². The quantitative estimate of drug-likeness (QED) is 0.0885. The van der Waals surface area contributed by atoms with Crippen molar-refractivity contribution in [1.82, 2.24) is 0 Å². The predicted molar refractivity (Wildman–Crippen MR) is 267 cm³/mol. The van der Waals surface area contributed by atoms with Crippen molar-refractivity contribution in [3.8, 4) is 22.3 Å². The van der Waals surface area contributed by atoms with Crippen LogP contribution in [-0.4, -0.2) is 0 Å². The van der Waals surface area contributed by atoms with Gasteiger partial charge in [0.05, 0.1) is 0 Å². The molecule has 0 radical (unpaired) electrons. The molecule has 0 amide bonds. The van der Waals surface area contributed by atoms with Crippen LogP contribution in [-0.2, 0) is 38.7 Å². The van der Waals surface area contributed by atoms with Crippen molar-refractivity contribution in [3.63, 3.8) is 0 Å². The predicted octanol–water partition coefficient (Wildman–Crippen LogP) is 17.3. The van der Waals surface area contributed by atoms with E-state index >= 15 is 0 Å². The third kappa shape index (κ3) is 9.66. The van der Waals surface area contributed by atoms with E-state index in [0.29, 0.717) is 11.8 Å². The van der Waals surface area contributed by atoms with Gasteiger partial charge in [-0.1, -0.05) is 148 Å². The first-order valence-corrected chi connectivity index (χ1v) is 20.6. The molecule has 3 heteroatoms. The summed E-state index contributed by atoms with van der Waals surface area (Å²) in [6.07, 6.45) is 3.01. The van der Waals surface area contributed by atoms with Gasteiger partial charge >= 0.3 is 25.8 Å². The third-order valence-corrected chi connectivity index (χ3v) is 11.0. The van der Waals surface area contributed by atoms with Crippen LogP contribution >= 0.6 is 24.8 Å². The Balaban J connectivity index is 0.000000204. The molecule has 0 saturated heterocycles. The summed E-state index contributed by atoms with van der Waals surface area (Å²) in [4.78, 5) is 0. The smallest absolute Gasteiger partial charge is 0.372 e. The van der Waals surface area contributed by atoms with E-state index in [1.807, 2.05) is 0 Å². The number of rotatable bonds is 6. The molecule has 0 aliphatic heterocycles. The summed E-state index contributed by atoms with van der Waals surface area (Å²) in [7, 11) is 0. The Morgan fingerprint density at radius 3 is 1.00 bits per heavy atom. The van der Waals surface area contributed by atoms with Crippen LogP contribution in [0.4, 0.5) is 0 Å². The van der Waals surface area contributed by atoms with Gasteiger partial charge in [0.1, 0.15) is 0 Å². The van der Waals surface area contributed by atoms with Crippen LogP contribution in [0.25, 0.3) is 86.9 Å². The molecule has 0 atom stereocenters. The largest absolute Gasteiger partial charge is 4.00 e. The summed E-state index contributed by atoms with van der Waals surface area (Å²) < 4.78 is 0. The van der Waals surface area contributed by atoms with Gasteiger partial charge in [0.2, 0.25) is 0 Å². The zero-order chi connectivity index (χ0) is 39.5. The van der Waals surface area contributed by atoms with Crippen LogP contribution in [0.5, 0.6) is 0 Å². The standard InChI is InChI=1S/2C27H23.C3H6.2ClH.Hf/c2*1-18(2)14-19-15-20-10-7-13-25(26(20)16-19)27-23-11-5-3-8-21(23)17-22-9-4-6-12-24(22)27;1-3-2;;;/h2*3-13,15-18H,14H2,1-2H3;1-3H2;2*1H;/q2*-1;-2;;;+4. The van der Waals surface area contributed by atoms with E-state index in [1.165, 1.54) is 98.0 Å². The summed E-state index contributed by atoms with van der Waals surface area (Å²) >= 11 is 0. The maximum absolute atomic E-state index is 3.38. The molecule has 10 aromatic carbocycles. The monoisotopic (exact) mass is 988 g/mol. The number of fused-ring (bicyclic) bond motifs is 6. The molecule has 0 aliphatic carbocycles. The van der Waals surface area contributed by atoms with Crippen LogP contribution in [0.3, 0.4) is 0 Å². The van der Waals surface area contributed by atoms with Gasteiger partial charge in [-0.05, 0) is 91.0 Å². The molecule has 0 bridgehead atoms. The number of benzene rings is 8. The summed E-state index contributed by atoms with van der Waals surface area (Å²) in [5, 5.41) is 16.0. The van der Waals surface area contributed by atoms with E-state index in [4.69, 9.17) is 0 Å². The van der Waals surface area contributed by atoms with Crippen molar-refractivity contribution < 1.29 is 25.8 Å². The van der Waals surface area contributed by atoms with Gasteiger partial charge in [0, 0.05) is 0 Å².